The number of hydrogen-bond acceptors (Lipinski definition) is 2. The predicted octanol–water partition coefficient (Wildman–Crippen LogP) is 3.76. The lowest BCUT2D eigenvalue weighted by Crippen LogP contribution is -2.14. The molecule has 0 aromatic carbocycles. The lowest BCUT2D eigenvalue weighted by Gasteiger charge is -2.15. The van der Waals surface area contributed by atoms with E-state index in [0.29, 0.717) is 0 Å². The minimum absolute atomic E-state index is 0.473. The van der Waals surface area contributed by atoms with E-state index in [1.165, 1.54) is 6.07 Å². The number of alkyl halides is 5. The van der Waals surface area contributed by atoms with Gasteiger partial charge in [-0.3, -0.25) is 0 Å². The molecule has 1 rings (SSSR count). The van der Waals surface area contributed by atoms with Crippen LogP contribution in [0.15, 0.2) is 6.20 Å². The second kappa shape index (κ2) is 4.84. The molecule has 1 aromatic rings. The summed E-state index contributed by atoms with van der Waals surface area (Å²) in [5, 5.41) is 7.31. The van der Waals surface area contributed by atoms with Crippen LogP contribution in [-0.2, 0) is 12.6 Å². The highest BCUT2D eigenvalue weighted by Gasteiger charge is 2.40. The van der Waals surface area contributed by atoms with Gasteiger partial charge in [0.15, 0.2) is 0 Å². The third-order valence-corrected chi connectivity index (χ3v) is 2.21. The van der Waals surface area contributed by atoms with E-state index in [4.69, 9.17) is 16.9 Å². The van der Waals surface area contributed by atoms with Crippen LogP contribution in [0.4, 0.5) is 22.0 Å². The van der Waals surface area contributed by atoms with Gasteiger partial charge in [-0.2, -0.15) is 18.4 Å². The van der Waals surface area contributed by atoms with Crippen LogP contribution in [0.2, 0.25) is 5.15 Å². The van der Waals surface area contributed by atoms with Crippen molar-refractivity contribution in [3.63, 3.8) is 0 Å². The number of nitriles is 1. The van der Waals surface area contributed by atoms with Gasteiger partial charge in [-0.25, -0.2) is 13.8 Å². The molecule has 0 saturated heterocycles. The third-order valence-electron chi connectivity index (χ3n) is 1.93. The summed E-state index contributed by atoms with van der Waals surface area (Å²) in [6, 6.07) is 1.49. The average molecular weight is 271 g/mol. The van der Waals surface area contributed by atoms with Gasteiger partial charge in [-0.1, -0.05) is 11.6 Å². The Morgan fingerprint density at radius 3 is 2.41 bits per heavy atom. The van der Waals surface area contributed by atoms with Crippen molar-refractivity contribution in [3.8, 4) is 6.07 Å². The first-order chi connectivity index (χ1) is 7.79. The molecule has 0 radical (unpaired) electrons. The molecule has 1 aromatic heterocycles. The molecule has 0 aliphatic heterocycles. The largest absolute Gasteiger partial charge is 0.419 e. The summed E-state index contributed by atoms with van der Waals surface area (Å²) in [4.78, 5) is 3.17. The smallest absolute Gasteiger partial charge is 0.244 e. The van der Waals surface area contributed by atoms with Crippen molar-refractivity contribution in [3.05, 3.63) is 28.0 Å². The summed E-state index contributed by atoms with van der Waals surface area (Å²) in [5.74, 6) is 0. The van der Waals surface area contributed by atoms with E-state index in [2.05, 4.69) is 4.98 Å². The van der Waals surface area contributed by atoms with E-state index in [9.17, 15) is 22.0 Å². The molecule has 0 bridgehead atoms. The molecule has 0 unspecified atom stereocenters. The van der Waals surface area contributed by atoms with Gasteiger partial charge in [-0.05, 0) is 5.56 Å². The molecule has 0 fully saturated rings. The van der Waals surface area contributed by atoms with Crippen molar-refractivity contribution >= 4 is 11.6 Å². The fourth-order valence-corrected chi connectivity index (χ4v) is 1.54. The summed E-state index contributed by atoms with van der Waals surface area (Å²) in [7, 11) is 0. The first-order valence-electron chi connectivity index (χ1n) is 4.18. The Bertz CT molecular complexity index is 464. The third kappa shape index (κ3) is 2.82. The standard InChI is InChI=1S/C9H4ClF5N2/c10-7-6(9(13,14)15)5(8(11)12)4(1-2-16)3-17-7/h3,8H,1H2. The molecule has 1 heterocycles. The maximum atomic E-state index is 12.6. The summed E-state index contributed by atoms with van der Waals surface area (Å²) in [6.45, 7) is 0. The Balaban J connectivity index is 3.56. The van der Waals surface area contributed by atoms with Crippen molar-refractivity contribution in [2.45, 2.75) is 19.0 Å². The number of pyridine rings is 1. The molecular weight excluding hydrogens is 267 g/mol. The monoisotopic (exact) mass is 270 g/mol. The highest BCUT2D eigenvalue weighted by molar-refractivity contribution is 6.30. The fourth-order valence-electron chi connectivity index (χ4n) is 1.29. The van der Waals surface area contributed by atoms with Crippen molar-refractivity contribution < 1.29 is 22.0 Å². The lowest BCUT2D eigenvalue weighted by atomic mass is 10.0. The second-order valence-electron chi connectivity index (χ2n) is 3.00. The van der Waals surface area contributed by atoms with E-state index in [1.807, 2.05) is 0 Å². The number of aromatic nitrogens is 1. The van der Waals surface area contributed by atoms with Crippen LogP contribution in [-0.4, -0.2) is 4.98 Å². The number of hydrogen-bond donors (Lipinski definition) is 0. The van der Waals surface area contributed by atoms with Gasteiger partial charge >= 0.3 is 6.18 Å². The highest BCUT2D eigenvalue weighted by Crippen LogP contribution is 2.41. The summed E-state index contributed by atoms with van der Waals surface area (Å²) in [6.07, 6.45) is -8.26. The predicted molar refractivity (Wildman–Crippen MR) is 48.5 cm³/mol. The molecule has 0 aliphatic carbocycles. The van der Waals surface area contributed by atoms with Crippen LogP contribution in [0.5, 0.6) is 0 Å². The van der Waals surface area contributed by atoms with E-state index in [0.717, 1.165) is 6.20 Å². The van der Waals surface area contributed by atoms with E-state index >= 15 is 0 Å². The van der Waals surface area contributed by atoms with Gasteiger partial charge in [0.05, 0.1) is 12.5 Å². The zero-order chi connectivity index (χ0) is 13.2. The van der Waals surface area contributed by atoms with Crippen LogP contribution in [0, 0.1) is 11.3 Å². The Hall–Kier alpha value is -1.42. The maximum absolute atomic E-state index is 12.6. The Labute approximate surface area is 97.6 Å². The number of nitrogens with zero attached hydrogens (tertiary/aromatic N) is 2. The van der Waals surface area contributed by atoms with E-state index in [1.54, 1.807) is 0 Å². The maximum Gasteiger partial charge on any atom is 0.419 e. The fraction of sp³-hybridized carbons (Fsp3) is 0.333. The second-order valence-corrected chi connectivity index (χ2v) is 3.35. The Kier molecular flexibility index (Phi) is 3.88. The first-order valence-corrected chi connectivity index (χ1v) is 4.56. The van der Waals surface area contributed by atoms with Crippen molar-refractivity contribution in [2.75, 3.05) is 0 Å². The molecular formula is C9H4ClF5N2. The molecule has 0 spiro atoms. The molecule has 17 heavy (non-hydrogen) atoms. The normalized spacial score (nSPS) is 11.6. The van der Waals surface area contributed by atoms with E-state index < -0.39 is 40.9 Å². The van der Waals surface area contributed by atoms with Gasteiger partial charge in [0.2, 0.25) is 0 Å². The van der Waals surface area contributed by atoms with E-state index in [-0.39, 0.29) is 0 Å². The molecule has 0 amide bonds. The molecule has 0 atom stereocenters. The van der Waals surface area contributed by atoms with Crippen LogP contribution in [0.3, 0.4) is 0 Å². The Morgan fingerprint density at radius 1 is 1.41 bits per heavy atom. The van der Waals surface area contributed by atoms with Crippen LogP contribution < -0.4 is 0 Å². The van der Waals surface area contributed by atoms with Crippen molar-refractivity contribution in [1.29, 1.82) is 5.26 Å². The molecule has 0 aliphatic rings. The number of rotatable bonds is 2. The van der Waals surface area contributed by atoms with Crippen molar-refractivity contribution in [1.82, 2.24) is 4.98 Å². The number of halogens is 6. The Morgan fingerprint density at radius 2 is 2.00 bits per heavy atom. The summed E-state index contributed by atoms with van der Waals surface area (Å²) < 4.78 is 62.9. The van der Waals surface area contributed by atoms with Crippen LogP contribution in [0.25, 0.3) is 0 Å². The summed E-state index contributed by atoms with van der Waals surface area (Å²) >= 11 is 5.18. The average Bonchev–Trinajstić information content (AvgIpc) is 2.18. The molecule has 8 heteroatoms. The molecule has 0 saturated carbocycles. The van der Waals surface area contributed by atoms with Gasteiger partial charge in [0.25, 0.3) is 6.43 Å². The molecule has 92 valence electrons. The van der Waals surface area contributed by atoms with Crippen molar-refractivity contribution in [2.24, 2.45) is 0 Å². The minimum Gasteiger partial charge on any atom is -0.244 e. The summed E-state index contributed by atoms with van der Waals surface area (Å²) in [5.41, 5.74) is -3.43. The topological polar surface area (TPSA) is 36.7 Å². The molecule has 2 nitrogen and oxygen atoms in total. The zero-order valence-corrected chi connectivity index (χ0v) is 8.78. The highest BCUT2D eigenvalue weighted by atomic mass is 35.5. The molecule has 0 N–H and O–H groups in total. The minimum atomic E-state index is -5.04. The first kappa shape index (κ1) is 13.6. The van der Waals surface area contributed by atoms with Gasteiger partial charge < -0.3 is 0 Å². The zero-order valence-electron chi connectivity index (χ0n) is 8.02. The SMILES string of the molecule is N#CCc1cnc(Cl)c(C(F)(F)F)c1C(F)F. The lowest BCUT2D eigenvalue weighted by molar-refractivity contribution is -0.139. The van der Waals surface area contributed by atoms with Crippen LogP contribution in [0.1, 0.15) is 23.1 Å². The van der Waals surface area contributed by atoms with Crippen LogP contribution >= 0.6 is 11.6 Å². The van der Waals surface area contributed by atoms with Gasteiger partial charge in [0.1, 0.15) is 10.7 Å². The van der Waals surface area contributed by atoms with Gasteiger partial charge in [-0.15, -0.1) is 0 Å². The quantitative estimate of drug-likeness (QED) is 0.606. The van der Waals surface area contributed by atoms with Gasteiger partial charge in [0, 0.05) is 11.8 Å².